The third-order valence-electron chi connectivity index (χ3n) is 5.53. The number of carbonyl (C=O) groups excluding carboxylic acids is 1. The topological polar surface area (TPSA) is 100 Å². The Labute approximate surface area is 193 Å². The first-order valence-corrected chi connectivity index (χ1v) is 10.8. The molecular formula is C21H25ClF3N5O3. The minimum absolute atomic E-state index is 0.0909. The summed E-state index contributed by atoms with van der Waals surface area (Å²) < 4.78 is 33.8. The van der Waals surface area contributed by atoms with Crippen molar-refractivity contribution in [2.45, 2.75) is 45.6 Å². The number of amides is 1. The molecule has 33 heavy (non-hydrogen) atoms. The fourth-order valence-electron chi connectivity index (χ4n) is 4.09. The maximum Gasteiger partial charge on any atom is 0.490 e. The van der Waals surface area contributed by atoms with Gasteiger partial charge in [-0.1, -0.05) is 23.7 Å². The molecule has 3 heterocycles. The number of nitrogens with zero attached hydrogens (tertiary/aromatic N) is 4. The van der Waals surface area contributed by atoms with Crippen LogP contribution in [-0.2, 0) is 24.3 Å². The van der Waals surface area contributed by atoms with Crippen molar-refractivity contribution < 1.29 is 27.9 Å². The number of carboxylic acids is 1. The molecule has 2 unspecified atom stereocenters. The van der Waals surface area contributed by atoms with Gasteiger partial charge in [-0.15, -0.1) is 10.2 Å². The zero-order valence-electron chi connectivity index (χ0n) is 18.1. The highest BCUT2D eigenvalue weighted by Gasteiger charge is 2.39. The zero-order valence-corrected chi connectivity index (χ0v) is 18.9. The Hall–Kier alpha value is -2.66. The first-order valence-electron chi connectivity index (χ1n) is 10.4. The highest BCUT2D eigenvalue weighted by atomic mass is 35.5. The van der Waals surface area contributed by atoms with E-state index < -0.39 is 12.1 Å². The van der Waals surface area contributed by atoms with Crippen LogP contribution in [0.15, 0.2) is 24.3 Å². The number of rotatable bonds is 4. The Morgan fingerprint density at radius 2 is 1.76 bits per heavy atom. The van der Waals surface area contributed by atoms with E-state index in [4.69, 9.17) is 21.5 Å². The fourth-order valence-corrected chi connectivity index (χ4v) is 4.22. The lowest BCUT2D eigenvalue weighted by Crippen LogP contribution is -2.35. The van der Waals surface area contributed by atoms with Gasteiger partial charge in [0.15, 0.2) is 0 Å². The van der Waals surface area contributed by atoms with Crippen molar-refractivity contribution >= 4 is 23.5 Å². The van der Waals surface area contributed by atoms with Crippen molar-refractivity contribution in [2.75, 3.05) is 13.1 Å². The maximum absolute atomic E-state index is 12.4. The Kier molecular flexibility index (Phi) is 7.63. The van der Waals surface area contributed by atoms with Crippen molar-refractivity contribution in [3.8, 4) is 0 Å². The van der Waals surface area contributed by atoms with E-state index >= 15 is 0 Å². The van der Waals surface area contributed by atoms with Crippen LogP contribution in [0.25, 0.3) is 0 Å². The molecule has 0 saturated carbocycles. The molecule has 1 amide bonds. The lowest BCUT2D eigenvalue weighted by Gasteiger charge is -2.25. The average Bonchev–Trinajstić information content (AvgIpc) is 3.29. The summed E-state index contributed by atoms with van der Waals surface area (Å²) >= 11 is 5.98. The van der Waals surface area contributed by atoms with Crippen molar-refractivity contribution in [2.24, 2.45) is 11.8 Å². The number of hydrogen-bond donors (Lipinski definition) is 2. The van der Waals surface area contributed by atoms with Crippen molar-refractivity contribution in [1.82, 2.24) is 25.0 Å². The van der Waals surface area contributed by atoms with E-state index in [0.717, 1.165) is 43.4 Å². The summed E-state index contributed by atoms with van der Waals surface area (Å²) in [5.74, 6) is -0.381. The van der Waals surface area contributed by atoms with Crippen LogP contribution < -0.4 is 5.32 Å². The molecule has 2 N–H and O–H groups in total. The standard InChI is InChI=1S/C19H24ClN5O.C2HF3O2/c1-12(2)21-19(26)18-23-22-17-7-14-9-24(10-15(14)11-25(17)18)8-13-3-5-16(20)6-4-13;3-2(4,5)1(6)7/h3-6,12,14-15H,7-11H2,1-2H3,(H,21,26);(H,6,7). The highest BCUT2D eigenvalue weighted by Crippen LogP contribution is 2.33. The second kappa shape index (κ2) is 10.1. The molecule has 2 aliphatic heterocycles. The van der Waals surface area contributed by atoms with Gasteiger partial charge in [-0.2, -0.15) is 13.2 Å². The van der Waals surface area contributed by atoms with Gasteiger partial charge in [-0.25, -0.2) is 4.79 Å². The third kappa shape index (κ3) is 6.44. The summed E-state index contributed by atoms with van der Waals surface area (Å²) in [5, 5.41) is 19.2. The fraction of sp³-hybridized carbons (Fsp3) is 0.524. The van der Waals surface area contributed by atoms with Crippen molar-refractivity contribution in [3.05, 3.63) is 46.5 Å². The largest absolute Gasteiger partial charge is 0.490 e. The normalized spacial score (nSPS) is 20.0. The Morgan fingerprint density at radius 3 is 2.33 bits per heavy atom. The van der Waals surface area contributed by atoms with E-state index in [2.05, 4.69) is 32.5 Å². The van der Waals surface area contributed by atoms with Crippen molar-refractivity contribution in [1.29, 1.82) is 0 Å². The zero-order chi connectivity index (χ0) is 24.3. The number of hydrogen-bond acceptors (Lipinski definition) is 5. The highest BCUT2D eigenvalue weighted by molar-refractivity contribution is 6.30. The molecule has 180 valence electrons. The number of nitrogens with one attached hydrogen (secondary N) is 1. The van der Waals surface area contributed by atoms with Gasteiger partial charge in [-0.3, -0.25) is 9.69 Å². The molecular weight excluding hydrogens is 463 g/mol. The van der Waals surface area contributed by atoms with Crippen LogP contribution >= 0.6 is 11.6 Å². The van der Waals surface area contributed by atoms with Gasteiger partial charge in [0.05, 0.1) is 0 Å². The molecule has 2 aliphatic rings. The summed E-state index contributed by atoms with van der Waals surface area (Å²) in [6.07, 6.45) is -4.19. The lowest BCUT2D eigenvalue weighted by molar-refractivity contribution is -0.192. The van der Waals surface area contributed by atoms with Gasteiger partial charge in [0, 0.05) is 43.7 Å². The molecule has 0 aliphatic carbocycles. The number of aromatic nitrogens is 3. The van der Waals surface area contributed by atoms with E-state index in [0.29, 0.717) is 17.7 Å². The molecule has 1 fully saturated rings. The Balaban J connectivity index is 0.000000383. The van der Waals surface area contributed by atoms with E-state index in [1.54, 1.807) is 0 Å². The monoisotopic (exact) mass is 487 g/mol. The summed E-state index contributed by atoms with van der Waals surface area (Å²) in [6.45, 7) is 7.76. The molecule has 12 heteroatoms. The first kappa shape index (κ1) is 25.0. The second-order valence-electron chi connectivity index (χ2n) is 8.53. The number of aliphatic carboxylic acids is 1. The van der Waals surface area contributed by atoms with E-state index in [1.807, 2.05) is 30.5 Å². The summed E-state index contributed by atoms with van der Waals surface area (Å²) in [5.41, 5.74) is 1.28. The predicted octanol–water partition coefficient (Wildman–Crippen LogP) is 3.01. The molecule has 1 saturated heterocycles. The number of carbonyl (C=O) groups is 2. The van der Waals surface area contributed by atoms with Crippen LogP contribution in [0.4, 0.5) is 13.2 Å². The van der Waals surface area contributed by atoms with E-state index in [9.17, 15) is 18.0 Å². The average molecular weight is 488 g/mol. The summed E-state index contributed by atoms with van der Waals surface area (Å²) in [7, 11) is 0. The minimum atomic E-state index is -5.08. The van der Waals surface area contributed by atoms with Crippen LogP contribution in [-0.4, -0.2) is 62.0 Å². The molecule has 2 atom stereocenters. The maximum atomic E-state index is 12.4. The van der Waals surface area contributed by atoms with Crippen LogP contribution in [0.5, 0.6) is 0 Å². The number of carboxylic acid groups (broad SMARTS) is 1. The van der Waals surface area contributed by atoms with E-state index in [1.165, 1.54) is 5.56 Å². The quantitative estimate of drug-likeness (QED) is 0.687. The molecule has 1 aromatic carbocycles. The van der Waals surface area contributed by atoms with Gasteiger partial charge in [0.2, 0.25) is 5.82 Å². The van der Waals surface area contributed by atoms with Gasteiger partial charge in [0.25, 0.3) is 5.91 Å². The van der Waals surface area contributed by atoms with Gasteiger partial charge < -0.3 is 15.0 Å². The lowest BCUT2D eigenvalue weighted by atomic mass is 9.89. The smallest absolute Gasteiger partial charge is 0.475 e. The first-order chi connectivity index (χ1) is 15.4. The van der Waals surface area contributed by atoms with E-state index in [-0.39, 0.29) is 11.9 Å². The number of benzene rings is 1. The summed E-state index contributed by atoms with van der Waals surface area (Å²) in [6, 6.07) is 8.16. The Morgan fingerprint density at radius 1 is 1.15 bits per heavy atom. The van der Waals surface area contributed by atoms with Crippen LogP contribution in [0.3, 0.4) is 0 Å². The van der Waals surface area contributed by atoms with Gasteiger partial charge in [0.1, 0.15) is 5.82 Å². The molecule has 0 bridgehead atoms. The second-order valence-corrected chi connectivity index (χ2v) is 8.96. The molecule has 0 spiro atoms. The SMILES string of the molecule is CC(C)NC(=O)c1nnc2n1CC1CN(Cc3ccc(Cl)cc3)CC1C2.O=C(O)C(F)(F)F. The number of halogens is 4. The number of alkyl halides is 3. The summed E-state index contributed by atoms with van der Waals surface area (Å²) in [4.78, 5) is 23.7. The molecule has 0 radical (unpaired) electrons. The molecule has 2 aromatic rings. The van der Waals surface area contributed by atoms with Crippen molar-refractivity contribution in [3.63, 3.8) is 0 Å². The number of fused-ring (bicyclic) bond motifs is 2. The molecule has 8 nitrogen and oxygen atoms in total. The third-order valence-corrected chi connectivity index (χ3v) is 5.78. The Bertz CT molecular complexity index is 994. The minimum Gasteiger partial charge on any atom is -0.475 e. The van der Waals surface area contributed by atoms with Crippen LogP contribution in [0, 0.1) is 11.8 Å². The molecule has 4 rings (SSSR count). The molecule has 1 aromatic heterocycles. The number of likely N-dealkylation sites (tertiary alicyclic amines) is 1. The van der Waals surface area contributed by atoms with Crippen LogP contribution in [0.1, 0.15) is 35.9 Å². The van der Waals surface area contributed by atoms with Crippen LogP contribution in [0.2, 0.25) is 5.02 Å². The van der Waals surface area contributed by atoms with Gasteiger partial charge >= 0.3 is 12.1 Å². The van der Waals surface area contributed by atoms with Gasteiger partial charge in [-0.05, 0) is 43.4 Å². The predicted molar refractivity (Wildman–Crippen MR) is 114 cm³/mol.